The maximum absolute atomic E-state index is 10.4. The molecule has 1 aromatic rings. The van der Waals surface area contributed by atoms with Gasteiger partial charge in [-0.2, -0.15) is 0 Å². The van der Waals surface area contributed by atoms with Crippen molar-refractivity contribution >= 4 is 11.7 Å². The van der Waals surface area contributed by atoms with Gasteiger partial charge < -0.3 is 11.5 Å². The van der Waals surface area contributed by atoms with E-state index < -0.39 is 5.91 Å². The van der Waals surface area contributed by atoms with Crippen LogP contribution in [0.15, 0.2) is 18.2 Å². The lowest BCUT2D eigenvalue weighted by Gasteiger charge is -1.96. The van der Waals surface area contributed by atoms with E-state index in [2.05, 4.69) is 4.98 Å². The lowest BCUT2D eigenvalue weighted by molar-refractivity contribution is -0.117. The van der Waals surface area contributed by atoms with Crippen molar-refractivity contribution in [3.63, 3.8) is 0 Å². The summed E-state index contributed by atoms with van der Waals surface area (Å²) >= 11 is 0. The van der Waals surface area contributed by atoms with Crippen LogP contribution in [0.2, 0.25) is 0 Å². The molecule has 4 N–H and O–H groups in total. The van der Waals surface area contributed by atoms with Crippen molar-refractivity contribution in [2.75, 3.05) is 5.73 Å². The number of rotatable bonds is 2. The Balaban J connectivity index is 2.79. The Morgan fingerprint density at radius 1 is 1.55 bits per heavy atom. The minimum Gasteiger partial charge on any atom is -0.384 e. The van der Waals surface area contributed by atoms with Gasteiger partial charge in [0.2, 0.25) is 5.91 Å². The van der Waals surface area contributed by atoms with Crippen molar-refractivity contribution in [3.05, 3.63) is 23.9 Å². The van der Waals surface area contributed by atoms with Crippen LogP contribution < -0.4 is 11.5 Å². The second-order valence-electron chi connectivity index (χ2n) is 2.20. The first-order valence-corrected chi connectivity index (χ1v) is 3.18. The normalized spacial score (nSPS) is 9.45. The van der Waals surface area contributed by atoms with E-state index in [1.54, 1.807) is 18.2 Å². The van der Waals surface area contributed by atoms with Crippen LogP contribution in [-0.2, 0) is 11.2 Å². The van der Waals surface area contributed by atoms with Crippen LogP contribution in [-0.4, -0.2) is 10.9 Å². The molecule has 11 heavy (non-hydrogen) atoms. The minimum absolute atomic E-state index is 0.144. The predicted molar refractivity (Wildman–Crippen MR) is 41.5 cm³/mol. The number of aromatic nitrogens is 1. The van der Waals surface area contributed by atoms with Crippen molar-refractivity contribution in [3.8, 4) is 0 Å². The van der Waals surface area contributed by atoms with Crippen LogP contribution in [0.25, 0.3) is 0 Å². The van der Waals surface area contributed by atoms with Crippen LogP contribution >= 0.6 is 0 Å². The Morgan fingerprint density at radius 2 is 2.27 bits per heavy atom. The molecule has 0 saturated heterocycles. The van der Waals surface area contributed by atoms with Crippen LogP contribution in [0.4, 0.5) is 5.82 Å². The van der Waals surface area contributed by atoms with E-state index in [1.807, 2.05) is 0 Å². The third-order valence-electron chi connectivity index (χ3n) is 1.18. The molecular weight excluding hydrogens is 142 g/mol. The van der Waals surface area contributed by atoms with E-state index in [1.165, 1.54) is 0 Å². The minimum atomic E-state index is -0.400. The van der Waals surface area contributed by atoms with Gasteiger partial charge in [-0.1, -0.05) is 6.07 Å². The molecule has 0 radical (unpaired) electrons. The van der Waals surface area contributed by atoms with Crippen LogP contribution in [0.3, 0.4) is 0 Å². The molecule has 0 unspecified atom stereocenters. The molecule has 1 heterocycles. The zero-order valence-corrected chi connectivity index (χ0v) is 5.95. The molecule has 1 aromatic heterocycles. The monoisotopic (exact) mass is 151 g/mol. The van der Waals surface area contributed by atoms with Crippen molar-refractivity contribution < 1.29 is 4.79 Å². The van der Waals surface area contributed by atoms with Gasteiger partial charge in [0.25, 0.3) is 0 Å². The fourth-order valence-electron chi connectivity index (χ4n) is 0.775. The number of amides is 1. The van der Waals surface area contributed by atoms with Crippen LogP contribution in [0, 0.1) is 0 Å². The highest BCUT2D eigenvalue weighted by atomic mass is 16.1. The Morgan fingerprint density at radius 3 is 2.82 bits per heavy atom. The van der Waals surface area contributed by atoms with Crippen LogP contribution in [0.1, 0.15) is 5.69 Å². The third kappa shape index (κ3) is 2.25. The summed E-state index contributed by atoms with van der Waals surface area (Å²) in [4.78, 5) is 14.3. The number of carbonyl (C=O) groups excluding carboxylic acids is 1. The number of anilines is 1. The first-order valence-electron chi connectivity index (χ1n) is 3.18. The molecule has 4 heteroatoms. The molecule has 0 fully saturated rings. The number of primary amides is 1. The molecular formula is C7H9N3O. The van der Waals surface area contributed by atoms with Gasteiger partial charge in [-0.15, -0.1) is 0 Å². The number of nitrogen functional groups attached to an aromatic ring is 1. The molecule has 0 aliphatic rings. The average Bonchev–Trinajstić information content (AvgIpc) is 1.85. The number of pyridine rings is 1. The second-order valence-corrected chi connectivity index (χ2v) is 2.20. The second kappa shape index (κ2) is 3.01. The van der Waals surface area contributed by atoms with Crippen molar-refractivity contribution in [1.82, 2.24) is 4.98 Å². The van der Waals surface area contributed by atoms with Gasteiger partial charge in [0.15, 0.2) is 0 Å². The molecule has 0 aromatic carbocycles. The summed E-state index contributed by atoms with van der Waals surface area (Å²) in [6.45, 7) is 0. The molecule has 0 aliphatic heterocycles. The third-order valence-corrected chi connectivity index (χ3v) is 1.18. The largest absolute Gasteiger partial charge is 0.384 e. The van der Waals surface area contributed by atoms with E-state index in [0.717, 1.165) is 0 Å². The fraction of sp³-hybridized carbons (Fsp3) is 0.143. The lowest BCUT2D eigenvalue weighted by Crippen LogP contribution is -2.14. The molecule has 1 amide bonds. The molecule has 0 aliphatic carbocycles. The SMILES string of the molecule is NC(=O)Cc1cccc(N)n1. The molecule has 58 valence electrons. The summed E-state index contributed by atoms with van der Waals surface area (Å²) in [5.74, 6) is 0.00634. The molecule has 1 rings (SSSR count). The van der Waals surface area contributed by atoms with Crippen molar-refractivity contribution in [2.24, 2.45) is 5.73 Å². The molecule has 0 bridgehead atoms. The van der Waals surface area contributed by atoms with E-state index in [0.29, 0.717) is 11.5 Å². The summed E-state index contributed by atoms with van der Waals surface area (Å²) in [7, 11) is 0. The first kappa shape index (κ1) is 7.53. The van der Waals surface area contributed by atoms with E-state index in [9.17, 15) is 4.79 Å². The van der Waals surface area contributed by atoms with E-state index in [-0.39, 0.29) is 6.42 Å². The first-order chi connectivity index (χ1) is 5.18. The van der Waals surface area contributed by atoms with Gasteiger partial charge in [-0.3, -0.25) is 4.79 Å². The summed E-state index contributed by atoms with van der Waals surface area (Å²) in [5, 5.41) is 0. The maximum atomic E-state index is 10.4. The zero-order valence-electron chi connectivity index (χ0n) is 5.95. The number of hydrogen-bond acceptors (Lipinski definition) is 3. The fourth-order valence-corrected chi connectivity index (χ4v) is 0.775. The average molecular weight is 151 g/mol. The van der Waals surface area contributed by atoms with Crippen LogP contribution in [0.5, 0.6) is 0 Å². The van der Waals surface area contributed by atoms with Gasteiger partial charge in [-0.05, 0) is 12.1 Å². The van der Waals surface area contributed by atoms with Crippen molar-refractivity contribution in [2.45, 2.75) is 6.42 Å². The standard InChI is InChI=1S/C7H9N3O/c8-6-3-1-2-5(10-6)4-7(9)11/h1-3H,4H2,(H2,8,10)(H2,9,11). The number of nitrogens with two attached hydrogens (primary N) is 2. The smallest absolute Gasteiger partial charge is 0.223 e. The number of hydrogen-bond donors (Lipinski definition) is 2. The lowest BCUT2D eigenvalue weighted by atomic mass is 10.2. The number of carbonyl (C=O) groups is 1. The Bertz CT molecular complexity index is 272. The Labute approximate surface area is 64.2 Å². The highest BCUT2D eigenvalue weighted by molar-refractivity contribution is 5.76. The summed E-state index contributed by atoms with van der Waals surface area (Å²) in [6.07, 6.45) is 0.144. The quantitative estimate of drug-likeness (QED) is 0.608. The molecule has 4 nitrogen and oxygen atoms in total. The highest BCUT2D eigenvalue weighted by Crippen LogP contribution is 2.00. The van der Waals surface area contributed by atoms with Crippen molar-refractivity contribution in [1.29, 1.82) is 0 Å². The van der Waals surface area contributed by atoms with Gasteiger partial charge in [0, 0.05) is 0 Å². The van der Waals surface area contributed by atoms with Gasteiger partial charge in [0.05, 0.1) is 12.1 Å². The summed E-state index contributed by atoms with van der Waals surface area (Å²) < 4.78 is 0. The summed E-state index contributed by atoms with van der Waals surface area (Å²) in [5.41, 5.74) is 10.9. The predicted octanol–water partition coefficient (Wildman–Crippen LogP) is -0.308. The zero-order chi connectivity index (χ0) is 8.27. The topological polar surface area (TPSA) is 82.0 Å². The van der Waals surface area contributed by atoms with Gasteiger partial charge >= 0.3 is 0 Å². The Hall–Kier alpha value is -1.58. The van der Waals surface area contributed by atoms with Gasteiger partial charge in [0.1, 0.15) is 5.82 Å². The molecule has 0 atom stereocenters. The summed E-state index contributed by atoms with van der Waals surface area (Å²) in [6, 6.07) is 5.10. The maximum Gasteiger partial charge on any atom is 0.223 e. The van der Waals surface area contributed by atoms with Gasteiger partial charge in [-0.25, -0.2) is 4.98 Å². The number of nitrogens with zero attached hydrogens (tertiary/aromatic N) is 1. The Kier molecular flexibility index (Phi) is 2.06. The highest BCUT2D eigenvalue weighted by Gasteiger charge is 1.98. The van der Waals surface area contributed by atoms with E-state index >= 15 is 0 Å². The molecule has 0 spiro atoms. The van der Waals surface area contributed by atoms with E-state index in [4.69, 9.17) is 11.5 Å². The molecule has 0 saturated carbocycles.